The van der Waals surface area contributed by atoms with E-state index in [1.807, 2.05) is 41.8 Å². The van der Waals surface area contributed by atoms with Gasteiger partial charge in [0, 0.05) is 73.0 Å². The van der Waals surface area contributed by atoms with Crippen LogP contribution < -0.4 is 5.32 Å². The number of rotatable bonds is 7. The molecule has 0 unspecified atom stereocenters. The van der Waals surface area contributed by atoms with Crippen LogP contribution in [0.1, 0.15) is 213 Å². The number of nitrogens with zero attached hydrogens (tertiary/aromatic N) is 4. The first-order valence-corrected chi connectivity index (χ1v) is 27.6. The van der Waals surface area contributed by atoms with Gasteiger partial charge in [-0.15, -0.1) is 0 Å². The fraction of sp³-hybridized carbons (Fsp3) is 0.627. The number of benzene rings is 2. The van der Waals surface area contributed by atoms with Gasteiger partial charge in [0.25, 0.3) is 0 Å². The van der Waals surface area contributed by atoms with Crippen LogP contribution in [0.15, 0.2) is 110 Å². The molecule has 0 atom stereocenters. The zero-order valence-electron chi connectivity index (χ0n) is 49.1. The monoisotopic (exact) mass is 1020 g/mol. The van der Waals surface area contributed by atoms with Gasteiger partial charge < -0.3 is 15.2 Å². The standard InChI is InChI=1S/C18H29N.C12H15N.C9H18N2O.2C9H13N.C8H16.2CH4/c1-18(2,3)12-9-16-10-13-19(14-11-16)15-17-7-5-4-6-8-17;1-12(2,3)10-5-4-6-11-9(10)7-8-13-11;1-9(2,3)4-6-11-7-5-10-8(11)12;1-9(2,3)8-4-6-10-7-5-8;1-9(2,3)8-6-4-5-7-10-8;1-8(2,3)6-7-4-5-7;;/h4-8,16H,9-15H2,1-3H3;4-8,13H,1-3H3;4-7H2,1-3H3,(H,10,12);2*4-7H,1-3H3;7H,4-6H2,1-3H3;2*1H4. The molecule has 74 heavy (non-hydrogen) atoms. The van der Waals surface area contributed by atoms with Crippen molar-refractivity contribution >= 4 is 16.9 Å². The highest BCUT2D eigenvalue weighted by Crippen LogP contribution is 2.39. The summed E-state index contributed by atoms with van der Waals surface area (Å²) in [5.41, 5.74) is 8.64. The van der Waals surface area contributed by atoms with Crippen LogP contribution in [0.2, 0.25) is 0 Å². The predicted octanol–water partition coefficient (Wildman–Crippen LogP) is 18.5. The van der Waals surface area contributed by atoms with Crippen molar-refractivity contribution in [1.82, 2.24) is 30.1 Å². The Balaban J connectivity index is 0.000000452. The summed E-state index contributed by atoms with van der Waals surface area (Å²) < 4.78 is 0. The number of piperidine rings is 1. The lowest BCUT2D eigenvalue weighted by atomic mass is 9.83. The summed E-state index contributed by atoms with van der Waals surface area (Å²) in [6, 6.07) is 29.7. The molecule has 5 heterocycles. The second-order valence-electron chi connectivity index (χ2n) is 27.5. The van der Waals surface area contributed by atoms with Crippen molar-refractivity contribution in [3.05, 3.63) is 132 Å². The van der Waals surface area contributed by atoms with Crippen molar-refractivity contribution in [2.45, 2.75) is 214 Å². The highest BCUT2D eigenvalue weighted by molar-refractivity contribution is 5.83. The van der Waals surface area contributed by atoms with E-state index in [0.29, 0.717) is 16.2 Å². The maximum Gasteiger partial charge on any atom is 0.317 e. The van der Waals surface area contributed by atoms with Gasteiger partial charge in [-0.2, -0.15) is 0 Å². The predicted molar refractivity (Wildman–Crippen MR) is 325 cm³/mol. The molecule has 5 aromatic rings. The van der Waals surface area contributed by atoms with E-state index in [1.54, 1.807) is 0 Å². The molecule has 2 N–H and O–H groups in total. The highest BCUT2D eigenvalue weighted by Gasteiger charge is 2.27. The highest BCUT2D eigenvalue weighted by atomic mass is 16.2. The maximum atomic E-state index is 11.1. The minimum Gasteiger partial charge on any atom is -0.361 e. The number of hydrogen-bond acceptors (Lipinski definition) is 4. The second kappa shape index (κ2) is 30.9. The Bertz CT molecular complexity index is 2160. The fourth-order valence-corrected chi connectivity index (χ4v) is 8.69. The van der Waals surface area contributed by atoms with E-state index in [9.17, 15) is 4.79 Å². The van der Waals surface area contributed by atoms with E-state index in [1.165, 1.54) is 85.6 Å². The molecule has 3 fully saturated rings. The van der Waals surface area contributed by atoms with E-state index < -0.39 is 0 Å². The summed E-state index contributed by atoms with van der Waals surface area (Å²) >= 11 is 0. The number of aromatic nitrogens is 3. The largest absolute Gasteiger partial charge is 0.361 e. The van der Waals surface area contributed by atoms with Crippen molar-refractivity contribution in [2.75, 3.05) is 32.7 Å². The molecule has 2 saturated heterocycles. The van der Waals surface area contributed by atoms with Crippen LogP contribution in [0, 0.1) is 28.1 Å². The molecular formula is C67H112N6O. The molecule has 0 spiro atoms. The van der Waals surface area contributed by atoms with Crippen molar-refractivity contribution in [2.24, 2.45) is 28.1 Å². The van der Waals surface area contributed by atoms with Gasteiger partial charge in [0.05, 0.1) is 0 Å². The molecule has 0 bridgehead atoms. The molecule has 3 aromatic heterocycles. The Hall–Kier alpha value is -4.49. The average molecular weight is 1020 g/mol. The van der Waals surface area contributed by atoms with Crippen molar-refractivity contribution < 1.29 is 4.79 Å². The number of urea groups is 1. The van der Waals surface area contributed by atoms with Gasteiger partial charge in [-0.05, 0) is 144 Å². The Labute approximate surface area is 456 Å². The number of hydrogen-bond donors (Lipinski definition) is 2. The first-order chi connectivity index (χ1) is 33.4. The Morgan fingerprint density at radius 3 is 1.59 bits per heavy atom. The molecule has 8 rings (SSSR count). The summed E-state index contributed by atoms with van der Waals surface area (Å²) in [6.07, 6.45) is 18.6. The van der Waals surface area contributed by atoms with Crippen LogP contribution in [0.25, 0.3) is 10.9 Å². The molecular weight excluding hydrogens is 905 g/mol. The van der Waals surface area contributed by atoms with E-state index in [0.717, 1.165) is 50.1 Å². The first kappa shape index (κ1) is 67.5. The van der Waals surface area contributed by atoms with Gasteiger partial charge in [-0.25, -0.2) is 4.79 Å². The summed E-state index contributed by atoms with van der Waals surface area (Å²) in [6.45, 7) is 46.7. The van der Waals surface area contributed by atoms with Crippen LogP contribution in [0.5, 0.6) is 0 Å². The number of aromatic amines is 1. The van der Waals surface area contributed by atoms with Crippen LogP contribution in [-0.2, 0) is 22.8 Å². The van der Waals surface area contributed by atoms with E-state index in [-0.39, 0.29) is 37.1 Å². The molecule has 7 nitrogen and oxygen atoms in total. The fourth-order valence-electron chi connectivity index (χ4n) is 8.69. The summed E-state index contributed by atoms with van der Waals surface area (Å²) in [5, 5.41) is 4.14. The van der Waals surface area contributed by atoms with Crippen LogP contribution in [0.3, 0.4) is 0 Å². The topological polar surface area (TPSA) is 77.1 Å². The average Bonchev–Trinajstić information content (AvgIpc) is 3.77. The lowest BCUT2D eigenvalue weighted by molar-refractivity contribution is 0.162. The maximum absolute atomic E-state index is 11.1. The van der Waals surface area contributed by atoms with Crippen LogP contribution in [0.4, 0.5) is 4.79 Å². The molecule has 2 aliphatic heterocycles. The number of H-pyrrole nitrogens is 1. The Morgan fingerprint density at radius 1 is 0.568 bits per heavy atom. The summed E-state index contributed by atoms with van der Waals surface area (Å²) in [4.78, 5) is 27.0. The zero-order chi connectivity index (χ0) is 53.8. The molecule has 1 saturated carbocycles. The van der Waals surface area contributed by atoms with Gasteiger partial charge in [0.15, 0.2) is 0 Å². The Morgan fingerprint density at radius 2 is 1.16 bits per heavy atom. The number of carbonyl (C=O) groups is 1. The summed E-state index contributed by atoms with van der Waals surface area (Å²) in [5.74, 6) is 2.06. The molecule has 416 valence electrons. The van der Waals surface area contributed by atoms with E-state index >= 15 is 0 Å². The van der Waals surface area contributed by atoms with Crippen LogP contribution >= 0.6 is 0 Å². The lowest BCUT2D eigenvalue weighted by Crippen LogP contribution is -2.33. The number of amides is 2. The van der Waals surface area contributed by atoms with Crippen molar-refractivity contribution in [3.8, 4) is 0 Å². The normalized spacial score (nSPS) is 15.3. The van der Waals surface area contributed by atoms with Gasteiger partial charge in [0.1, 0.15) is 0 Å². The molecule has 2 amide bonds. The molecule has 2 aromatic carbocycles. The number of likely N-dealkylation sites (tertiary alicyclic amines) is 1. The summed E-state index contributed by atoms with van der Waals surface area (Å²) in [7, 11) is 0. The second-order valence-corrected chi connectivity index (χ2v) is 27.5. The van der Waals surface area contributed by atoms with Crippen molar-refractivity contribution in [1.29, 1.82) is 0 Å². The van der Waals surface area contributed by atoms with Gasteiger partial charge in [0.2, 0.25) is 0 Å². The lowest BCUT2D eigenvalue weighted by Gasteiger charge is -2.33. The number of pyridine rings is 2. The number of carbonyl (C=O) groups excluding carboxylic acids is 1. The van der Waals surface area contributed by atoms with Crippen LogP contribution in [-0.4, -0.2) is 63.5 Å². The minimum absolute atomic E-state index is 0. The SMILES string of the molecule is C.C.CC(C)(C)CC1CC1.CC(C)(C)CCC1CCN(Cc2ccccc2)CC1.CC(C)(C)CCN1CCNC1=O.CC(C)(C)c1cccc2[nH]ccc12.CC(C)(C)c1ccccn1.CC(C)(C)c1ccncc1. The van der Waals surface area contributed by atoms with Gasteiger partial charge in [-0.3, -0.25) is 14.9 Å². The number of fused-ring (bicyclic) bond motifs is 1. The minimum atomic E-state index is 0. The van der Waals surface area contributed by atoms with Gasteiger partial charge >= 0.3 is 6.03 Å². The smallest absolute Gasteiger partial charge is 0.317 e. The quantitative estimate of drug-likeness (QED) is 0.170. The van der Waals surface area contributed by atoms with Gasteiger partial charge in [-0.1, -0.05) is 201 Å². The zero-order valence-corrected chi connectivity index (χ0v) is 49.1. The molecule has 7 heteroatoms. The molecule has 0 radical (unpaired) electrons. The third kappa shape index (κ3) is 29.0. The third-order valence-electron chi connectivity index (χ3n) is 13.3. The van der Waals surface area contributed by atoms with E-state index in [2.05, 4.69) is 223 Å². The number of nitrogens with one attached hydrogen (secondary N) is 2. The first-order valence-electron chi connectivity index (χ1n) is 27.6. The third-order valence-corrected chi connectivity index (χ3v) is 13.3. The Kier molecular flexibility index (Phi) is 28.2. The molecule has 3 aliphatic rings. The molecule has 1 aliphatic carbocycles. The van der Waals surface area contributed by atoms with Crippen molar-refractivity contribution in [3.63, 3.8) is 0 Å². The van der Waals surface area contributed by atoms with E-state index in [4.69, 9.17) is 0 Å².